The highest BCUT2D eigenvalue weighted by molar-refractivity contribution is 7.09. The number of hydrogen-bond donors (Lipinski definition) is 1. The molecule has 4 nitrogen and oxygen atoms in total. The number of nitrogens with zero attached hydrogens (tertiary/aromatic N) is 3. The Kier molecular flexibility index (Phi) is 4.49. The Morgan fingerprint density at radius 1 is 1.44 bits per heavy atom. The number of aryl methyl sites for hydroxylation is 3. The summed E-state index contributed by atoms with van der Waals surface area (Å²) in [7, 11) is 0. The zero-order valence-electron chi connectivity index (χ0n) is 11.2. The number of hydrogen-bond acceptors (Lipinski definition) is 4. The standard InChI is InChI=1S/C13H20N4S/c1-10-9-11(2)17(16-10)7-4-5-14-12(3)13-15-6-8-18-13/h6,8-9,12,14H,4-5,7H2,1-3H3. The maximum absolute atomic E-state index is 4.46. The van der Waals surface area contributed by atoms with Crippen molar-refractivity contribution in [1.29, 1.82) is 0 Å². The van der Waals surface area contributed by atoms with Crippen molar-refractivity contribution in [3.8, 4) is 0 Å². The van der Waals surface area contributed by atoms with Crippen molar-refractivity contribution in [3.05, 3.63) is 34.0 Å². The van der Waals surface area contributed by atoms with Crippen molar-refractivity contribution in [3.63, 3.8) is 0 Å². The van der Waals surface area contributed by atoms with Gasteiger partial charge >= 0.3 is 0 Å². The van der Waals surface area contributed by atoms with E-state index < -0.39 is 0 Å². The Morgan fingerprint density at radius 2 is 2.28 bits per heavy atom. The molecule has 2 heterocycles. The van der Waals surface area contributed by atoms with Crippen molar-refractivity contribution in [1.82, 2.24) is 20.1 Å². The molecule has 1 N–H and O–H groups in total. The van der Waals surface area contributed by atoms with Gasteiger partial charge in [0, 0.05) is 23.8 Å². The van der Waals surface area contributed by atoms with Crippen molar-refractivity contribution in [2.45, 2.75) is 39.8 Å². The first-order chi connectivity index (χ1) is 8.66. The zero-order chi connectivity index (χ0) is 13.0. The van der Waals surface area contributed by atoms with E-state index >= 15 is 0 Å². The van der Waals surface area contributed by atoms with Crippen LogP contribution in [-0.4, -0.2) is 21.3 Å². The van der Waals surface area contributed by atoms with Gasteiger partial charge in [0.2, 0.25) is 0 Å². The molecule has 2 rings (SSSR count). The first-order valence-electron chi connectivity index (χ1n) is 6.30. The van der Waals surface area contributed by atoms with Crippen LogP contribution >= 0.6 is 11.3 Å². The molecule has 5 heteroatoms. The van der Waals surface area contributed by atoms with Crippen molar-refractivity contribution >= 4 is 11.3 Å². The summed E-state index contributed by atoms with van der Waals surface area (Å²) in [5.41, 5.74) is 2.33. The van der Waals surface area contributed by atoms with Gasteiger partial charge in [-0.2, -0.15) is 5.10 Å². The third-order valence-electron chi connectivity index (χ3n) is 2.92. The molecule has 0 aliphatic rings. The number of aromatic nitrogens is 3. The summed E-state index contributed by atoms with van der Waals surface area (Å²) >= 11 is 1.70. The minimum absolute atomic E-state index is 0.338. The molecule has 2 aromatic heterocycles. The lowest BCUT2D eigenvalue weighted by molar-refractivity contribution is 0.499. The third kappa shape index (κ3) is 3.40. The summed E-state index contributed by atoms with van der Waals surface area (Å²) in [4.78, 5) is 4.31. The maximum atomic E-state index is 4.46. The van der Waals surface area contributed by atoms with E-state index in [2.05, 4.69) is 40.0 Å². The van der Waals surface area contributed by atoms with Gasteiger partial charge in [0.1, 0.15) is 5.01 Å². The van der Waals surface area contributed by atoms with Crippen LogP contribution < -0.4 is 5.32 Å². The largest absolute Gasteiger partial charge is 0.308 e. The Bertz CT molecular complexity index is 475. The van der Waals surface area contributed by atoms with E-state index in [1.54, 1.807) is 11.3 Å². The fraction of sp³-hybridized carbons (Fsp3) is 0.538. The Hall–Kier alpha value is -1.20. The second-order valence-electron chi connectivity index (χ2n) is 4.55. The molecule has 2 aromatic rings. The van der Waals surface area contributed by atoms with Crippen LogP contribution in [-0.2, 0) is 6.54 Å². The van der Waals surface area contributed by atoms with Gasteiger partial charge in [0.25, 0.3) is 0 Å². The molecule has 1 unspecified atom stereocenters. The predicted octanol–water partition coefficient (Wildman–Crippen LogP) is 2.70. The van der Waals surface area contributed by atoms with E-state index in [9.17, 15) is 0 Å². The van der Waals surface area contributed by atoms with Crippen molar-refractivity contribution in [2.24, 2.45) is 0 Å². The van der Waals surface area contributed by atoms with Gasteiger partial charge in [0.05, 0.1) is 11.7 Å². The molecular formula is C13H20N4S. The molecule has 0 bridgehead atoms. The van der Waals surface area contributed by atoms with Crippen LogP contribution in [0.25, 0.3) is 0 Å². The normalized spacial score (nSPS) is 12.8. The molecule has 0 fully saturated rings. The lowest BCUT2D eigenvalue weighted by atomic mass is 10.3. The lowest BCUT2D eigenvalue weighted by Crippen LogP contribution is -2.21. The van der Waals surface area contributed by atoms with Crippen LogP contribution in [0.15, 0.2) is 17.6 Å². The lowest BCUT2D eigenvalue weighted by Gasteiger charge is -2.11. The molecule has 0 saturated carbocycles. The Morgan fingerprint density at radius 3 is 2.89 bits per heavy atom. The van der Waals surface area contributed by atoms with Crippen LogP contribution in [0.3, 0.4) is 0 Å². The van der Waals surface area contributed by atoms with E-state index in [0.29, 0.717) is 6.04 Å². The van der Waals surface area contributed by atoms with Gasteiger partial charge in [-0.3, -0.25) is 4.68 Å². The molecular weight excluding hydrogens is 244 g/mol. The highest BCUT2D eigenvalue weighted by atomic mass is 32.1. The zero-order valence-corrected chi connectivity index (χ0v) is 12.0. The quantitative estimate of drug-likeness (QED) is 0.816. The molecule has 0 amide bonds. The van der Waals surface area contributed by atoms with Crippen molar-refractivity contribution < 1.29 is 0 Å². The summed E-state index contributed by atoms with van der Waals surface area (Å²) in [6.07, 6.45) is 2.94. The molecule has 0 aliphatic heterocycles. The van der Waals surface area contributed by atoms with Gasteiger partial charge in [-0.15, -0.1) is 11.3 Å². The Labute approximate surface area is 112 Å². The predicted molar refractivity (Wildman–Crippen MR) is 74.8 cm³/mol. The molecule has 0 aliphatic carbocycles. The van der Waals surface area contributed by atoms with Gasteiger partial charge < -0.3 is 5.32 Å². The summed E-state index contributed by atoms with van der Waals surface area (Å²) in [5, 5.41) is 11.1. The minimum Gasteiger partial charge on any atom is -0.308 e. The first kappa shape index (κ1) is 13.2. The van der Waals surface area contributed by atoms with Gasteiger partial charge in [0.15, 0.2) is 0 Å². The van der Waals surface area contributed by atoms with E-state index in [1.807, 2.05) is 18.5 Å². The molecule has 0 spiro atoms. The molecule has 98 valence electrons. The number of nitrogens with one attached hydrogen (secondary N) is 1. The molecule has 1 atom stereocenters. The highest BCUT2D eigenvalue weighted by Crippen LogP contribution is 2.14. The molecule has 18 heavy (non-hydrogen) atoms. The van der Waals surface area contributed by atoms with Crippen LogP contribution in [0.1, 0.15) is 35.8 Å². The SMILES string of the molecule is Cc1cc(C)n(CCCNC(C)c2nccs2)n1. The van der Waals surface area contributed by atoms with Gasteiger partial charge in [-0.05, 0) is 39.8 Å². The van der Waals surface area contributed by atoms with Crippen LogP contribution in [0.5, 0.6) is 0 Å². The monoisotopic (exact) mass is 264 g/mol. The van der Waals surface area contributed by atoms with E-state index in [0.717, 1.165) is 30.2 Å². The fourth-order valence-corrected chi connectivity index (χ4v) is 2.65. The third-order valence-corrected chi connectivity index (χ3v) is 3.88. The second kappa shape index (κ2) is 6.11. The first-order valence-corrected chi connectivity index (χ1v) is 7.18. The van der Waals surface area contributed by atoms with Gasteiger partial charge in [-0.1, -0.05) is 0 Å². The maximum Gasteiger partial charge on any atom is 0.109 e. The van der Waals surface area contributed by atoms with Crippen molar-refractivity contribution in [2.75, 3.05) is 6.54 Å². The van der Waals surface area contributed by atoms with Crippen LogP contribution in [0.4, 0.5) is 0 Å². The molecule has 0 radical (unpaired) electrons. The number of thiazole rings is 1. The summed E-state index contributed by atoms with van der Waals surface area (Å²) in [6.45, 7) is 8.25. The highest BCUT2D eigenvalue weighted by Gasteiger charge is 2.06. The average molecular weight is 264 g/mol. The van der Waals surface area contributed by atoms with Crippen LogP contribution in [0, 0.1) is 13.8 Å². The second-order valence-corrected chi connectivity index (χ2v) is 5.48. The van der Waals surface area contributed by atoms with E-state index in [1.165, 1.54) is 5.69 Å². The number of rotatable bonds is 6. The van der Waals surface area contributed by atoms with Gasteiger partial charge in [-0.25, -0.2) is 4.98 Å². The summed E-state index contributed by atoms with van der Waals surface area (Å²) in [5.74, 6) is 0. The average Bonchev–Trinajstić information content (AvgIpc) is 2.94. The fourth-order valence-electron chi connectivity index (χ4n) is 1.98. The topological polar surface area (TPSA) is 42.7 Å². The minimum atomic E-state index is 0.338. The molecule has 0 saturated heterocycles. The smallest absolute Gasteiger partial charge is 0.109 e. The summed E-state index contributed by atoms with van der Waals surface area (Å²) < 4.78 is 2.07. The summed E-state index contributed by atoms with van der Waals surface area (Å²) in [6, 6.07) is 2.46. The van der Waals surface area contributed by atoms with E-state index in [4.69, 9.17) is 0 Å². The van der Waals surface area contributed by atoms with E-state index in [-0.39, 0.29) is 0 Å². The molecule has 0 aromatic carbocycles. The van der Waals surface area contributed by atoms with Crippen LogP contribution in [0.2, 0.25) is 0 Å². The Balaban J connectivity index is 1.72.